The van der Waals surface area contributed by atoms with Gasteiger partial charge in [-0.05, 0) is 78.8 Å². The molecule has 1 aliphatic heterocycles. The minimum Gasteiger partial charge on any atom is -0.392 e. The number of nitrogens with zero attached hydrogens (tertiary/aromatic N) is 3. The fourth-order valence-corrected chi connectivity index (χ4v) is 5.04. The molecule has 202 valence electrons. The minimum absolute atomic E-state index is 0.0204. The van der Waals surface area contributed by atoms with E-state index < -0.39 is 0 Å². The van der Waals surface area contributed by atoms with Gasteiger partial charge in [0.2, 0.25) is 11.8 Å². The fraction of sp³-hybridized carbons (Fsp3) is 0.344. The summed E-state index contributed by atoms with van der Waals surface area (Å²) in [4.78, 5) is 29.9. The Hall–Kier alpha value is -3.99. The predicted molar refractivity (Wildman–Crippen MR) is 153 cm³/mol. The summed E-state index contributed by atoms with van der Waals surface area (Å²) in [7, 11) is 0. The number of aryl methyl sites for hydroxylation is 2. The van der Waals surface area contributed by atoms with E-state index in [4.69, 9.17) is 0 Å². The summed E-state index contributed by atoms with van der Waals surface area (Å²) in [5.74, 6) is -0.297. The standard InChI is InChI=1S/C32H36N4O3/c1-23-16-24(2)18-29(17-23)34-31(38)22-36(32(39)12-14-35-13-11-30(37)21-35)15-10-25-6-8-27(9-7-25)28-5-3-4-26(19-28)20-33/h3-9,16-19,30,37H,10-15,21-22H2,1-2H3,(H,34,38)/t30-/m1/s1. The molecule has 0 saturated carbocycles. The number of aliphatic hydroxyl groups is 1. The second kappa shape index (κ2) is 13.2. The lowest BCUT2D eigenvalue weighted by Crippen LogP contribution is -2.40. The lowest BCUT2D eigenvalue weighted by molar-refractivity contribution is -0.135. The molecule has 0 unspecified atom stereocenters. The SMILES string of the molecule is Cc1cc(C)cc(NC(=O)CN(CCc2ccc(-c3cccc(C#N)c3)cc2)C(=O)CCN2CC[C@@H](O)C2)c1. The van der Waals surface area contributed by atoms with Gasteiger partial charge in [0.15, 0.2) is 0 Å². The van der Waals surface area contributed by atoms with E-state index in [0.29, 0.717) is 38.0 Å². The molecule has 0 aliphatic carbocycles. The molecule has 1 heterocycles. The molecule has 0 bridgehead atoms. The first-order valence-corrected chi connectivity index (χ1v) is 13.4. The van der Waals surface area contributed by atoms with E-state index in [9.17, 15) is 20.0 Å². The third-order valence-electron chi connectivity index (χ3n) is 7.03. The third-order valence-corrected chi connectivity index (χ3v) is 7.03. The summed E-state index contributed by atoms with van der Waals surface area (Å²) in [6, 6.07) is 23.6. The maximum absolute atomic E-state index is 13.2. The van der Waals surface area contributed by atoms with Gasteiger partial charge in [-0.15, -0.1) is 0 Å². The van der Waals surface area contributed by atoms with Crippen LogP contribution >= 0.6 is 0 Å². The number of nitriles is 1. The highest BCUT2D eigenvalue weighted by molar-refractivity contribution is 5.94. The van der Waals surface area contributed by atoms with Crippen LogP contribution in [0.2, 0.25) is 0 Å². The third kappa shape index (κ3) is 8.25. The molecule has 1 atom stereocenters. The molecule has 0 spiro atoms. The molecule has 39 heavy (non-hydrogen) atoms. The van der Waals surface area contributed by atoms with Crippen LogP contribution < -0.4 is 5.32 Å². The summed E-state index contributed by atoms with van der Waals surface area (Å²) in [6.45, 7) is 6.31. The van der Waals surface area contributed by atoms with Crippen LogP contribution in [-0.2, 0) is 16.0 Å². The number of aliphatic hydroxyl groups excluding tert-OH is 1. The molecule has 1 fully saturated rings. The highest BCUT2D eigenvalue weighted by Crippen LogP contribution is 2.21. The Balaban J connectivity index is 1.40. The molecule has 7 heteroatoms. The van der Waals surface area contributed by atoms with Crippen molar-refractivity contribution in [3.63, 3.8) is 0 Å². The van der Waals surface area contributed by atoms with Gasteiger partial charge in [-0.1, -0.05) is 42.5 Å². The quantitative estimate of drug-likeness (QED) is 0.412. The van der Waals surface area contributed by atoms with Crippen LogP contribution in [0.4, 0.5) is 5.69 Å². The van der Waals surface area contributed by atoms with Gasteiger partial charge >= 0.3 is 0 Å². The predicted octanol–water partition coefficient (Wildman–Crippen LogP) is 4.31. The molecular weight excluding hydrogens is 488 g/mol. The molecule has 0 radical (unpaired) electrons. The number of likely N-dealkylation sites (tertiary alicyclic amines) is 1. The molecule has 1 aliphatic rings. The van der Waals surface area contributed by atoms with Crippen molar-refractivity contribution >= 4 is 17.5 Å². The van der Waals surface area contributed by atoms with Crippen molar-refractivity contribution in [2.45, 2.75) is 39.2 Å². The molecule has 3 aromatic rings. The zero-order valence-corrected chi connectivity index (χ0v) is 22.7. The van der Waals surface area contributed by atoms with E-state index in [0.717, 1.165) is 46.5 Å². The van der Waals surface area contributed by atoms with Crippen LogP contribution in [0.1, 0.15) is 35.1 Å². The monoisotopic (exact) mass is 524 g/mol. The van der Waals surface area contributed by atoms with Gasteiger partial charge in [-0.3, -0.25) is 9.59 Å². The van der Waals surface area contributed by atoms with Crippen molar-refractivity contribution in [2.24, 2.45) is 0 Å². The number of carbonyl (C=O) groups excluding carboxylic acids is 2. The van der Waals surface area contributed by atoms with Crippen molar-refractivity contribution in [3.05, 3.63) is 89.0 Å². The molecule has 0 aromatic heterocycles. The van der Waals surface area contributed by atoms with Gasteiger partial charge in [-0.25, -0.2) is 0 Å². The van der Waals surface area contributed by atoms with Crippen molar-refractivity contribution in [2.75, 3.05) is 38.0 Å². The zero-order chi connectivity index (χ0) is 27.8. The normalized spacial score (nSPS) is 15.1. The summed E-state index contributed by atoms with van der Waals surface area (Å²) < 4.78 is 0. The van der Waals surface area contributed by atoms with Crippen LogP contribution in [0.3, 0.4) is 0 Å². The number of nitrogens with one attached hydrogen (secondary N) is 1. The van der Waals surface area contributed by atoms with Crippen LogP contribution in [0, 0.1) is 25.2 Å². The number of rotatable bonds is 10. The Bertz CT molecular complexity index is 1330. The lowest BCUT2D eigenvalue weighted by atomic mass is 10.0. The second-order valence-corrected chi connectivity index (χ2v) is 10.4. The lowest BCUT2D eigenvalue weighted by Gasteiger charge is -2.24. The van der Waals surface area contributed by atoms with Gasteiger partial charge in [0.05, 0.1) is 24.3 Å². The first-order valence-electron chi connectivity index (χ1n) is 13.4. The topological polar surface area (TPSA) is 96.7 Å². The largest absolute Gasteiger partial charge is 0.392 e. The number of benzene rings is 3. The Morgan fingerprint density at radius 2 is 1.79 bits per heavy atom. The van der Waals surface area contributed by atoms with E-state index in [1.807, 2.05) is 74.5 Å². The van der Waals surface area contributed by atoms with Gasteiger partial charge < -0.3 is 20.2 Å². The van der Waals surface area contributed by atoms with Gasteiger partial charge in [0, 0.05) is 38.3 Å². The van der Waals surface area contributed by atoms with Crippen LogP contribution in [0.5, 0.6) is 0 Å². The number of anilines is 1. The van der Waals surface area contributed by atoms with Crippen molar-refractivity contribution in [3.8, 4) is 17.2 Å². The van der Waals surface area contributed by atoms with Gasteiger partial charge in [-0.2, -0.15) is 5.26 Å². The highest BCUT2D eigenvalue weighted by atomic mass is 16.3. The average Bonchev–Trinajstić information content (AvgIpc) is 3.34. The van der Waals surface area contributed by atoms with E-state index in [2.05, 4.69) is 16.3 Å². The van der Waals surface area contributed by atoms with Gasteiger partial charge in [0.25, 0.3) is 0 Å². The number of carbonyl (C=O) groups is 2. The number of β-amino-alcohol motifs (C(OH)–C–C–N with tert-alkyl or cyclic N) is 1. The Morgan fingerprint density at radius 3 is 2.46 bits per heavy atom. The summed E-state index contributed by atoms with van der Waals surface area (Å²) >= 11 is 0. The summed E-state index contributed by atoms with van der Waals surface area (Å²) in [6.07, 6.45) is 1.32. The van der Waals surface area contributed by atoms with E-state index in [1.54, 1.807) is 11.0 Å². The fourth-order valence-electron chi connectivity index (χ4n) is 5.04. The van der Waals surface area contributed by atoms with E-state index >= 15 is 0 Å². The van der Waals surface area contributed by atoms with Crippen molar-refractivity contribution in [1.29, 1.82) is 5.26 Å². The first kappa shape index (κ1) is 28.0. The maximum atomic E-state index is 13.2. The van der Waals surface area contributed by atoms with E-state index in [1.165, 1.54) is 0 Å². The van der Waals surface area contributed by atoms with Gasteiger partial charge in [0.1, 0.15) is 0 Å². The van der Waals surface area contributed by atoms with Crippen molar-refractivity contribution in [1.82, 2.24) is 9.80 Å². The average molecular weight is 525 g/mol. The van der Waals surface area contributed by atoms with Crippen molar-refractivity contribution < 1.29 is 14.7 Å². The minimum atomic E-state index is -0.329. The van der Waals surface area contributed by atoms with Crippen LogP contribution in [0.15, 0.2) is 66.7 Å². The highest BCUT2D eigenvalue weighted by Gasteiger charge is 2.23. The molecule has 2 amide bonds. The van der Waals surface area contributed by atoms with Crippen LogP contribution in [0.25, 0.3) is 11.1 Å². The summed E-state index contributed by atoms with van der Waals surface area (Å²) in [5, 5.41) is 21.9. The Kier molecular flexibility index (Phi) is 9.48. The number of hydrogen-bond donors (Lipinski definition) is 2. The maximum Gasteiger partial charge on any atom is 0.243 e. The Labute approximate surface area is 230 Å². The Morgan fingerprint density at radius 1 is 1.05 bits per heavy atom. The molecule has 7 nitrogen and oxygen atoms in total. The van der Waals surface area contributed by atoms with E-state index in [-0.39, 0.29) is 24.5 Å². The molecule has 1 saturated heterocycles. The zero-order valence-electron chi connectivity index (χ0n) is 22.7. The smallest absolute Gasteiger partial charge is 0.243 e. The summed E-state index contributed by atoms with van der Waals surface area (Å²) in [5.41, 5.74) is 6.53. The second-order valence-electron chi connectivity index (χ2n) is 10.4. The number of amides is 2. The van der Waals surface area contributed by atoms with Crippen LogP contribution in [-0.4, -0.2) is 65.5 Å². The molecule has 4 rings (SSSR count). The number of hydrogen-bond acceptors (Lipinski definition) is 5. The molecular formula is C32H36N4O3. The molecule has 2 N–H and O–H groups in total. The first-order chi connectivity index (χ1) is 18.8. The molecule has 3 aromatic carbocycles.